The highest BCUT2D eigenvalue weighted by molar-refractivity contribution is 6.46. The topological polar surface area (TPSA) is 76.1 Å². The van der Waals surface area contributed by atoms with Gasteiger partial charge in [-0.05, 0) is 60.4 Å². The van der Waals surface area contributed by atoms with Gasteiger partial charge in [-0.1, -0.05) is 56.3 Å². The van der Waals surface area contributed by atoms with E-state index >= 15 is 0 Å². The number of hydrogen-bond donors (Lipinski definition) is 1. The van der Waals surface area contributed by atoms with Crippen molar-refractivity contribution in [2.45, 2.75) is 39.3 Å². The summed E-state index contributed by atoms with van der Waals surface area (Å²) in [6.07, 6.45) is 1.74. The van der Waals surface area contributed by atoms with Gasteiger partial charge in [0, 0.05) is 12.1 Å². The van der Waals surface area contributed by atoms with Crippen molar-refractivity contribution in [3.05, 3.63) is 101 Å². The van der Waals surface area contributed by atoms with Crippen molar-refractivity contribution in [3.63, 3.8) is 0 Å². The number of ether oxygens (including phenoxy) is 2. The second-order valence-electron chi connectivity index (χ2n) is 8.71. The zero-order valence-electron chi connectivity index (χ0n) is 20.6. The van der Waals surface area contributed by atoms with Gasteiger partial charge >= 0.3 is 0 Å². The SMILES string of the molecule is CCCOc1ccc(/C(O)=C2\C(=O)C(=O)N(Cc3ccccc3)C2c2cccc(OCCC)c2)cc1. The number of ketones is 1. The number of hydrogen-bond acceptors (Lipinski definition) is 5. The Bertz CT molecular complexity index is 1230. The molecular formula is C30H31NO5. The van der Waals surface area contributed by atoms with E-state index < -0.39 is 17.7 Å². The van der Waals surface area contributed by atoms with E-state index in [0.717, 1.165) is 18.4 Å². The van der Waals surface area contributed by atoms with Crippen molar-refractivity contribution in [2.24, 2.45) is 0 Å². The molecule has 1 amide bonds. The van der Waals surface area contributed by atoms with E-state index in [-0.39, 0.29) is 17.9 Å². The molecule has 6 heteroatoms. The highest BCUT2D eigenvalue weighted by atomic mass is 16.5. The first-order valence-electron chi connectivity index (χ1n) is 12.3. The van der Waals surface area contributed by atoms with Crippen LogP contribution in [0, 0.1) is 0 Å². The first-order valence-corrected chi connectivity index (χ1v) is 12.3. The molecule has 6 nitrogen and oxygen atoms in total. The number of aliphatic hydroxyl groups excluding tert-OH is 1. The number of Topliss-reactive ketones (excluding diaryl/α,β-unsaturated/α-hetero) is 1. The molecule has 0 radical (unpaired) electrons. The van der Waals surface area contributed by atoms with Crippen LogP contribution >= 0.6 is 0 Å². The maximum Gasteiger partial charge on any atom is 0.295 e. The Morgan fingerprint density at radius 1 is 0.833 bits per heavy atom. The predicted molar refractivity (Wildman–Crippen MR) is 139 cm³/mol. The Labute approximate surface area is 211 Å². The highest BCUT2D eigenvalue weighted by Gasteiger charge is 2.46. The quantitative estimate of drug-likeness (QED) is 0.220. The van der Waals surface area contributed by atoms with Gasteiger partial charge in [-0.3, -0.25) is 9.59 Å². The van der Waals surface area contributed by atoms with Crippen LogP contribution in [0.5, 0.6) is 11.5 Å². The first-order chi connectivity index (χ1) is 17.5. The van der Waals surface area contributed by atoms with Crippen molar-refractivity contribution in [1.29, 1.82) is 0 Å². The van der Waals surface area contributed by atoms with Crippen molar-refractivity contribution in [3.8, 4) is 11.5 Å². The first kappa shape index (κ1) is 25.0. The van der Waals surface area contributed by atoms with Gasteiger partial charge in [-0.25, -0.2) is 0 Å². The smallest absolute Gasteiger partial charge is 0.295 e. The predicted octanol–water partition coefficient (Wildman–Crippen LogP) is 5.89. The standard InChI is InChI=1S/C30H31NO5/c1-3-17-35-24-15-13-22(14-16-24)28(32)26-27(23-11-8-12-25(19-23)36-18-4-2)31(30(34)29(26)33)20-21-9-6-5-7-10-21/h5-16,19,27,32H,3-4,17-18,20H2,1-2H3/b28-26+. The Morgan fingerprint density at radius 2 is 1.50 bits per heavy atom. The van der Waals surface area contributed by atoms with Gasteiger partial charge in [0.05, 0.1) is 24.8 Å². The molecule has 1 atom stereocenters. The second kappa shape index (κ2) is 11.6. The van der Waals surface area contributed by atoms with Gasteiger partial charge in [0.15, 0.2) is 0 Å². The second-order valence-corrected chi connectivity index (χ2v) is 8.71. The zero-order valence-corrected chi connectivity index (χ0v) is 20.6. The monoisotopic (exact) mass is 485 g/mol. The molecule has 1 unspecified atom stereocenters. The molecule has 3 aromatic carbocycles. The van der Waals surface area contributed by atoms with E-state index in [1.807, 2.05) is 68.4 Å². The molecular weight excluding hydrogens is 454 g/mol. The van der Waals surface area contributed by atoms with Crippen LogP contribution in [-0.2, 0) is 16.1 Å². The maximum atomic E-state index is 13.3. The summed E-state index contributed by atoms with van der Waals surface area (Å²) < 4.78 is 11.4. The number of carbonyl (C=O) groups is 2. The van der Waals surface area contributed by atoms with E-state index in [9.17, 15) is 14.7 Å². The Kier molecular flexibility index (Phi) is 8.06. The molecule has 1 aliphatic rings. The van der Waals surface area contributed by atoms with Gasteiger partial charge in [0.25, 0.3) is 11.7 Å². The number of aliphatic hydroxyl groups is 1. The summed E-state index contributed by atoms with van der Waals surface area (Å²) in [5.41, 5.74) is 2.09. The third-order valence-corrected chi connectivity index (χ3v) is 5.98. The third kappa shape index (κ3) is 5.43. The fourth-order valence-electron chi connectivity index (χ4n) is 4.25. The molecule has 1 saturated heterocycles. The number of rotatable bonds is 10. The summed E-state index contributed by atoms with van der Waals surface area (Å²) in [7, 11) is 0. The third-order valence-electron chi connectivity index (χ3n) is 5.98. The number of benzene rings is 3. The molecule has 36 heavy (non-hydrogen) atoms. The average molecular weight is 486 g/mol. The maximum absolute atomic E-state index is 13.3. The van der Waals surface area contributed by atoms with Crippen LogP contribution < -0.4 is 9.47 Å². The average Bonchev–Trinajstić information content (AvgIpc) is 3.16. The number of amides is 1. The molecule has 0 bridgehead atoms. The Hall–Kier alpha value is -4.06. The molecule has 0 aliphatic carbocycles. The molecule has 1 fully saturated rings. The summed E-state index contributed by atoms with van der Waals surface area (Å²) in [6, 6.07) is 23.0. The molecule has 1 N–H and O–H groups in total. The minimum atomic E-state index is -0.758. The molecule has 0 saturated carbocycles. The summed E-state index contributed by atoms with van der Waals surface area (Å²) >= 11 is 0. The Morgan fingerprint density at radius 3 is 2.17 bits per heavy atom. The van der Waals surface area contributed by atoms with E-state index in [1.165, 1.54) is 4.90 Å². The van der Waals surface area contributed by atoms with Crippen LogP contribution in [0.15, 0.2) is 84.4 Å². The molecule has 186 valence electrons. The molecule has 0 spiro atoms. The van der Waals surface area contributed by atoms with Gasteiger partial charge in [-0.15, -0.1) is 0 Å². The lowest BCUT2D eigenvalue weighted by atomic mass is 9.95. The van der Waals surface area contributed by atoms with Gasteiger partial charge in [0.2, 0.25) is 0 Å². The fourth-order valence-corrected chi connectivity index (χ4v) is 4.25. The summed E-state index contributed by atoms with van der Waals surface area (Å²) in [4.78, 5) is 28.1. The zero-order chi connectivity index (χ0) is 25.5. The van der Waals surface area contributed by atoms with Crippen molar-refractivity contribution in [2.75, 3.05) is 13.2 Å². The number of likely N-dealkylation sites (tertiary alicyclic amines) is 1. The lowest BCUT2D eigenvalue weighted by Crippen LogP contribution is -2.29. The van der Waals surface area contributed by atoms with Crippen LogP contribution in [0.25, 0.3) is 5.76 Å². The lowest BCUT2D eigenvalue weighted by Gasteiger charge is -2.26. The minimum Gasteiger partial charge on any atom is -0.507 e. The number of nitrogens with zero attached hydrogens (tertiary/aromatic N) is 1. The van der Waals surface area contributed by atoms with Crippen LogP contribution in [0.1, 0.15) is 49.4 Å². The van der Waals surface area contributed by atoms with Gasteiger partial charge < -0.3 is 19.5 Å². The highest BCUT2D eigenvalue weighted by Crippen LogP contribution is 2.41. The van der Waals surface area contributed by atoms with E-state index in [4.69, 9.17) is 9.47 Å². The normalized spacial score (nSPS) is 16.8. The fraction of sp³-hybridized carbons (Fsp3) is 0.267. The van der Waals surface area contributed by atoms with Crippen LogP contribution in [0.3, 0.4) is 0 Å². The lowest BCUT2D eigenvalue weighted by molar-refractivity contribution is -0.140. The van der Waals surface area contributed by atoms with E-state index in [2.05, 4.69) is 0 Å². The molecule has 3 aromatic rings. The van der Waals surface area contributed by atoms with Crippen LogP contribution in [0.4, 0.5) is 0 Å². The molecule has 0 aromatic heterocycles. The van der Waals surface area contributed by atoms with Gasteiger partial charge in [0.1, 0.15) is 17.3 Å². The Balaban J connectivity index is 1.78. The molecule has 1 aliphatic heterocycles. The minimum absolute atomic E-state index is 0.0609. The summed E-state index contributed by atoms with van der Waals surface area (Å²) in [6.45, 7) is 5.43. The van der Waals surface area contributed by atoms with Crippen molar-refractivity contribution < 1.29 is 24.2 Å². The number of carbonyl (C=O) groups excluding carboxylic acids is 2. The van der Waals surface area contributed by atoms with Crippen molar-refractivity contribution in [1.82, 2.24) is 4.90 Å². The molecule has 4 rings (SSSR count). The van der Waals surface area contributed by atoms with Crippen LogP contribution in [0.2, 0.25) is 0 Å². The largest absolute Gasteiger partial charge is 0.507 e. The molecule has 1 heterocycles. The van der Waals surface area contributed by atoms with Gasteiger partial charge in [-0.2, -0.15) is 0 Å². The van der Waals surface area contributed by atoms with E-state index in [0.29, 0.717) is 35.8 Å². The summed E-state index contributed by atoms with van der Waals surface area (Å²) in [5.74, 6) is -0.240. The summed E-state index contributed by atoms with van der Waals surface area (Å²) in [5, 5.41) is 11.3. The van der Waals surface area contributed by atoms with Crippen LogP contribution in [-0.4, -0.2) is 34.9 Å². The van der Waals surface area contributed by atoms with Crippen molar-refractivity contribution >= 4 is 17.4 Å². The van der Waals surface area contributed by atoms with E-state index in [1.54, 1.807) is 24.3 Å².